The lowest BCUT2D eigenvalue weighted by Crippen LogP contribution is -2.37. The largest absolute Gasteiger partial charge is 0.481 e. The summed E-state index contributed by atoms with van der Waals surface area (Å²) >= 11 is 0. The molecule has 138 valence electrons. The Hall–Kier alpha value is -1.89. The maximum absolute atomic E-state index is 13.2. The number of carboxylic acid groups (broad SMARTS) is 1. The van der Waals surface area contributed by atoms with E-state index in [1.54, 1.807) is 22.9 Å². The number of hydrogen-bond acceptors (Lipinski definition) is 4. The van der Waals surface area contributed by atoms with Gasteiger partial charge in [-0.1, -0.05) is 19.3 Å². The lowest BCUT2D eigenvalue weighted by Gasteiger charge is -2.25. The molecule has 3 rings (SSSR count). The van der Waals surface area contributed by atoms with E-state index >= 15 is 0 Å². The summed E-state index contributed by atoms with van der Waals surface area (Å²) in [7, 11) is 3.44. The van der Waals surface area contributed by atoms with Crippen LogP contribution in [-0.2, 0) is 16.6 Å². The van der Waals surface area contributed by atoms with Gasteiger partial charge in [0.15, 0.2) is 0 Å². The van der Waals surface area contributed by atoms with Crippen molar-refractivity contribution < 1.29 is 19.4 Å². The molecule has 0 bridgehead atoms. The molecule has 1 aromatic rings. The molecular weight excluding hydrogens is 322 g/mol. The Morgan fingerprint density at radius 1 is 1.32 bits per heavy atom. The number of carbonyl (C=O) groups is 2. The number of methoxy groups -OCH3 is 1. The first-order valence-corrected chi connectivity index (χ1v) is 9.08. The Kier molecular flexibility index (Phi) is 5.42. The van der Waals surface area contributed by atoms with E-state index in [1.807, 2.05) is 7.05 Å². The Morgan fingerprint density at radius 3 is 2.68 bits per heavy atom. The molecule has 1 aliphatic heterocycles. The van der Waals surface area contributed by atoms with Gasteiger partial charge in [-0.2, -0.15) is 5.10 Å². The first-order valence-electron chi connectivity index (χ1n) is 9.08. The van der Waals surface area contributed by atoms with Crippen molar-refractivity contribution in [2.75, 3.05) is 13.7 Å². The second kappa shape index (κ2) is 7.56. The minimum atomic E-state index is -0.891. The summed E-state index contributed by atoms with van der Waals surface area (Å²) in [6.45, 7) is 0.437. The SMILES string of the molecule is CO[C@H]1C[C@@H](CC(=O)O)N(C(=O)c2cn(C)nc2C2CCCCC2)C1. The molecule has 2 heterocycles. The van der Waals surface area contributed by atoms with E-state index in [9.17, 15) is 14.7 Å². The molecule has 1 saturated heterocycles. The van der Waals surface area contributed by atoms with Crippen LogP contribution >= 0.6 is 0 Å². The summed E-state index contributed by atoms with van der Waals surface area (Å²) in [5.74, 6) is -0.676. The third kappa shape index (κ3) is 3.86. The van der Waals surface area contributed by atoms with Gasteiger partial charge in [0.05, 0.1) is 23.8 Å². The smallest absolute Gasteiger partial charge is 0.305 e. The molecule has 0 spiro atoms. The van der Waals surface area contributed by atoms with Gasteiger partial charge >= 0.3 is 5.97 Å². The van der Waals surface area contributed by atoms with Gasteiger partial charge in [-0.15, -0.1) is 0 Å². The first kappa shape index (κ1) is 17.9. The van der Waals surface area contributed by atoms with Crippen molar-refractivity contribution in [1.29, 1.82) is 0 Å². The highest BCUT2D eigenvalue weighted by Crippen LogP contribution is 2.35. The summed E-state index contributed by atoms with van der Waals surface area (Å²) in [6.07, 6.45) is 7.91. The highest BCUT2D eigenvalue weighted by Gasteiger charge is 2.38. The van der Waals surface area contributed by atoms with Gasteiger partial charge in [-0.3, -0.25) is 14.3 Å². The zero-order chi connectivity index (χ0) is 18.0. The van der Waals surface area contributed by atoms with Crippen LogP contribution in [0.3, 0.4) is 0 Å². The molecule has 0 radical (unpaired) electrons. The van der Waals surface area contributed by atoms with Crippen LogP contribution in [0.4, 0.5) is 0 Å². The number of aryl methyl sites for hydroxylation is 1. The minimum Gasteiger partial charge on any atom is -0.481 e. The fraction of sp³-hybridized carbons (Fsp3) is 0.722. The summed E-state index contributed by atoms with van der Waals surface area (Å²) in [4.78, 5) is 26.1. The van der Waals surface area contributed by atoms with Gasteiger partial charge in [0, 0.05) is 38.9 Å². The number of carbonyl (C=O) groups excluding carboxylic acids is 1. The fourth-order valence-electron chi connectivity index (χ4n) is 4.19. The predicted molar refractivity (Wildman–Crippen MR) is 91.5 cm³/mol. The maximum atomic E-state index is 13.2. The van der Waals surface area contributed by atoms with E-state index in [1.165, 1.54) is 19.3 Å². The fourth-order valence-corrected chi connectivity index (χ4v) is 4.19. The first-order chi connectivity index (χ1) is 12.0. The molecule has 7 nitrogen and oxygen atoms in total. The number of ether oxygens (including phenoxy) is 1. The molecule has 1 aliphatic carbocycles. The Labute approximate surface area is 147 Å². The third-order valence-electron chi connectivity index (χ3n) is 5.46. The van der Waals surface area contributed by atoms with E-state index in [2.05, 4.69) is 5.10 Å². The lowest BCUT2D eigenvalue weighted by atomic mass is 9.85. The van der Waals surface area contributed by atoms with Crippen LogP contribution in [0.2, 0.25) is 0 Å². The molecule has 1 N–H and O–H groups in total. The quantitative estimate of drug-likeness (QED) is 0.881. The number of aliphatic carboxylic acids is 1. The molecule has 1 aromatic heterocycles. The molecule has 0 unspecified atom stereocenters. The molecular formula is C18H27N3O4. The number of rotatable bonds is 5. The number of aromatic nitrogens is 2. The van der Waals surface area contributed by atoms with Crippen LogP contribution in [0, 0.1) is 0 Å². The van der Waals surface area contributed by atoms with Crippen molar-refractivity contribution in [2.24, 2.45) is 7.05 Å². The Bertz CT molecular complexity index is 636. The predicted octanol–water partition coefficient (Wildman–Crippen LogP) is 2.17. The monoisotopic (exact) mass is 349 g/mol. The standard InChI is InChI=1S/C18H27N3O4/c1-20-11-15(17(19-20)12-6-4-3-5-7-12)18(24)21-10-14(25-2)8-13(21)9-16(22)23/h11-14H,3-10H2,1-2H3,(H,22,23)/t13-,14-/m0/s1. The van der Waals surface area contributed by atoms with Crippen LogP contribution < -0.4 is 0 Å². The van der Waals surface area contributed by atoms with Gasteiger partial charge < -0.3 is 14.7 Å². The van der Waals surface area contributed by atoms with Crippen molar-refractivity contribution in [2.45, 2.75) is 63.0 Å². The van der Waals surface area contributed by atoms with Crippen LogP contribution in [0.25, 0.3) is 0 Å². The van der Waals surface area contributed by atoms with E-state index in [4.69, 9.17) is 4.74 Å². The average molecular weight is 349 g/mol. The average Bonchev–Trinajstić information content (AvgIpc) is 3.18. The molecule has 1 saturated carbocycles. The second-order valence-electron chi connectivity index (χ2n) is 7.24. The second-order valence-corrected chi connectivity index (χ2v) is 7.24. The van der Waals surface area contributed by atoms with Crippen LogP contribution in [0.15, 0.2) is 6.20 Å². The maximum Gasteiger partial charge on any atom is 0.305 e. The molecule has 0 aromatic carbocycles. The van der Waals surface area contributed by atoms with Crippen molar-refractivity contribution >= 4 is 11.9 Å². The van der Waals surface area contributed by atoms with E-state index in [0.717, 1.165) is 18.5 Å². The summed E-state index contributed by atoms with van der Waals surface area (Å²) < 4.78 is 7.08. The van der Waals surface area contributed by atoms with E-state index in [-0.39, 0.29) is 24.5 Å². The number of nitrogens with zero attached hydrogens (tertiary/aromatic N) is 3. The molecule has 2 fully saturated rings. The number of carboxylic acids is 1. The number of hydrogen-bond donors (Lipinski definition) is 1. The summed E-state index contributed by atoms with van der Waals surface area (Å²) in [5, 5.41) is 13.7. The number of likely N-dealkylation sites (tertiary alicyclic amines) is 1. The van der Waals surface area contributed by atoms with E-state index < -0.39 is 5.97 Å². The molecule has 1 amide bonds. The van der Waals surface area contributed by atoms with Crippen LogP contribution in [0.1, 0.15) is 66.9 Å². The van der Waals surface area contributed by atoms with Crippen molar-refractivity contribution in [3.8, 4) is 0 Å². The molecule has 25 heavy (non-hydrogen) atoms. The Balaban J connectivity index is 1.85. The summed E-state index contributed by atoms with van der Waals surface area (Å²) in [6, 6.07) is -0.325. The van der Waals surface area contributed by atoms with Gasteiger partial charge in [-0.05, 0) is 19.3 Å². The van der Waals surface area contributed by atoms with Crippen molar-refractivity contribution in [3.63, 3.8) is 0 Å². The zero-order valence-corrected chi connectivity index (χ0v) is 15.0. The van der Waals surface area contributed by atoms with Gasteiger partial charge in [0.2, 0.25) is 0 Å². The lowest BCUT2D eigenvalue weighted by molar-refractivity contribution is -0.137. The molecule has 2 aliphatic rings. The van der Waals surface area contributed by atoms with Gasteiger partial charge in [-0.25, -0.2) is 0 Å². The Morgan fingerprint density at radius 2 is 2.04 bits per heavy atom. The zero-order valence-electron chi connectivity index (χ0n) is 15.0. The van der Waals surface area contributed by atoms with Gasteiger partial charge in [0.1, 0.15) is 0 Å². The van der Waals surface area contributed by atoms with E-state index in [0.29, 0.717) is 24.4 Å². The highest BCUT2D eigenvalue weighted by molar-refractivity contribution is 5.96. The summed E-state index contributed by atoms with van der Waals surface area (Å²) in [5.41, 5.74) is 1.50. The minimum absolute atomic E-state index is 0.0510. The van der Waals surface area contributed by atoms with Crippen molar-refractivity contribution in [1.82, 2.24) is 14.7 Å². The molecule has 7 heteroatoms. The third-order valence-corrected chi connectivity index (χ3v) is 5.46. The van der Waals surface area contributed by atoms with Crippen molar-refractivity contribution in [3.05, 3.63) is 17.5 Å². The van der Waals surface area contributed by atoms with Crippen LogP contribution in [-0.4, -0.2) is 57.5 Å². The topological polar surface area (TPSA) is 84.7 Å². The number of amides is 1. The normalized spacial score (nSPS) is 24.6. The highest BCUT2D eigenvalue weighted by atomic mass is 16.5. The molecule has 2 atom stereocenters. The van der Waals surface area contributed by atoms with Crippen LogP contribution in [0.5, 0.6) is 0 Å². The van der Waals surface area contributed by atoms with Gasteiger partial charge in [0.25, 0.3) is 5.91 Å².